The summed E-state index contributed by atoms with van der Waals surface area (Å²) >= 11 is 5.20. The minimum absolute atomic E-state index is 0.820. The van der Waals surface area contributed by atoms with Gasteiger partial charge in [0, 0.05) is 13.8 Å². The number of benzene rings is 1. The van der Waals surface area contributed by atoms with Crippen molar-refractivity contribution < 1.29 is 17.1 Å². The van der Waals surface area contributed by atoms with Crippen LogP contribution >= 0.6 is 11.6 Å². The molecule has 0 spiro atoms. The SMILES string of the molecule is [2H]c1c(C(=O)Cl)c([2H])c(C([2H])([2H])[2H])c([2H])c1C([2H])([2H])[2H]. The third kappa shape index (κ3) is 2.05. The van der Waals surface area contributed by atoms with Crippen LogP contribution < -0.4 is 0 Å². The predicted molar refractivity (Wildman–Crippen MR) is 46.1 cm³/mol. The molecule has 0 fully saturated rings. The summed E-state index contributed by atoms with van der Waals surface area (Å²) in [5, 5.41) is -1.31. The Balaban J connectivity index is 4.00. The highest BCUT2D eigenvalue weighted by molar-refractivity contribution is 6.67. The van der Waals surface area contributed by atoms with Crippen LogP contribution in [-0.2, 0) is 0 Å². The van der Waals surface area contributed by atoms with Gasteiger partial charge in [0.2, 0.25) is 0 Å². The van der Waals surface area contributed by atoms with Crippen molar-refractivity contribution in [3.05, 3.63) is 34.8 Å². The van der Waals surface area contributed by atoms with Crippen LogP contribution in [0.1, 0.15) is 33.8 Å². The smallest absolute Gasteiger partial charge is 0.252 e. The Labute approximate surface area is 83.6 Å². The van der Waals surface area contributed by atoms with Crippen LogP contribution in [0.5, 0.6) is 0 Å². The first-order chi connectivity index (χ1) is 8.80. The van der Waals surface area contributed by atoms with Gasteiger partial charge in [-0.1, -0.05) is 17.2 Å². The maximum Gasteiger partial charge on any atom is 0.252 e. The Morgan fingerprint density at radius 1 is 1.45 bits per heavy atom. The Morgan fingerprint density at radius 2 is 2.00 bits per heavy atom. The van der Waals surface area contributed by atoms with E-state index in [2.05, 4.69) is 0 Å². The second-order valence-electron chi connectivity index (χ2n) is 1.77. The summed E-state index contributed by atoms with van der Waals surface area (Å²) in [5.41, 5.74) is -2.62. The molecule has 1 aromatic rings. The van der Waals surface area contributed by atoms with Crippen molar-refractivity contribution in [1.29, 1.82) is 0 Å². The molecule has 0 aliphatic heterocycles. The fourth-order valence-electron chi connectivity index (χ4n) is 0.567. The molecule has 0 saturated carbocycles. The van der Waals surface area contributed by atoms with Crippen molar-refractivity contribution in [3.63, 3.8) is 0 Å². The Kier molecular flexibility index (Phi) is 0.648. The van der Waals surface area contributed by atoms with Crippen LogP contribution in [0, 0.1) is 13.7 Å². The molecule has 1 nitrogen and oxygen atoms in total. The van der Waals surface area contributed by atoms with Crippen molar-refractivity contribution >= 4 is 16.8 Å². The van der Waals surface area contributed by atoms with Crippen LogP contribution in [0.3, 0.4) is 0 Å². The largest absolute Gasteiger partial charge is 0.276 e. The molecule has 0 aliphatic rings. The van der Waals surface area contributed by atoms with Gasteiger partial charge >= 0.3 is 0 Å². The average molecular weight is 178 g/mol. The van der Waals surface area contributed by atoms with E-state index in [1.807, 2.05) is 0 Å². The summed E-state index contributed by atoms with van der Waals surface area (Å²) in [4.78, 5) is 11.3. The van der Waals surface area contributed by atoms with E-state index < -0.39 is 53.8 Å². The molecule has 0 atom stereocenters. The van der Waals surface area contributed by atoms with Crippen molar-refractivity contribution in [2.75, 3.05) is 0 Å². The van der Waals surface area contributed by atoms with Gasteiger partial charge in [-0.2, -0.15) is 0 Å². The Bertz CT molecular complexity index is 531. The lowest BCUT2D eigenvalue weighted by atomic mass is 10.1. The first-order valence-electron chi connectivity index (χ1n) is 7.14. The van der Waals surface area contributed by atoms with Crippen molar-refractivity contribution in [2.45, 2.75) is 13.7 Å². The molecule has 0 aromatic heterocycles. The third-order valence-corrected chi connectivity index (χ3v) is 1.14. The minimum Gasteiger partial charge on any atom is -0.276 e. The molecule has 0 N–H and O–H groups in total. The summed E-state index contributed by atoms with van der Waals surface area (Å²) in [5.74, 6) is 0. The highest BCUT2D eigenvalue weighted by Gasteiger charge is 2.01. The standard InChI is InChI=1S/C9H9ClO/c1-6-3-7(2)5-8(4-6)9(10)11/h3-5H,1-2H3/i1D3,2D3,3D,4D,5D. The molecule has 0 aliphatic carbocycles. The molecule has 1 rings (SSSR count). The first kappa shape index (κ1) is 2.33. The molecule has 0 unspecified atom stereocenters. The van der Waals surface area contributed by atoms with E-state index in [1.165, 1.54) is 0 Å². The van der Waals surface area contributed by atoms with Crippen molar-refractivity contribution in [1.82, 2.24) is 0 Å². The van der Waals surface area contributed by atoms with Gasteiger partial charge in [0.25, 0.3) is 5.24 Å². The molecule has 0 amide bonds. The molecule has 0 bridgehead atoms. The zero-order valence-corrected chi connectivity index (χ0v) is 6.04. The van der Waals surface area contributed by atoms with Gasteiger partial charge < -0.3 is 0 Å². The summed E-state index contributed by atoms with van der Waals surface area (Å²) in [6.45, 7) is -5.94. The van der Waals surface area contributed by atoms with E-state index in [-0.39, 0.29) is 0 Å². The molecule has 0 saturated heterocycles. The first-order valence-corrected chi connectivity index (χ1v) is 3.02. The van der Waals surface area contributed by atoms with Gasteiger partial charge in [-0.3, -0.25) is 4.79 Å². The lowest BCUT2D eigenvalue weighted by Crippen LogP contribution is -1.90. The van der Waals surface area contributed by atoms with Crippen LogP contribution in [-0.4, -0.2) is 5.24 Å². The second kappa shape index (κ2) is 3.05. The molecule has 1 aromatic carbocycles. The summed E-state index contributed by atoms with van der Waals surface area (Å²) in [6.07, 6.45) is 0. The maximum atomic E-state index is 11.3. The third-order valence-electron chi connectivity index (χ3n) is 0.947. The lowest BCUT2D eigenvalue weighted by Gasteiger charge is -1.98. The molecule has 0 heterocycles. The van der Waals surface area contributed by atoms with Gasteiger partial charge in [0.15, 0.2) is 0 Å². The lowest BCUT2D eigenvalue weighted by molar-refractivity contribution is 0.108. The average Bonchev–Trinajstić information content (AvgIpc) is 2.09. The molecule has 11 heavy (non-hydrogen) atoms. The summed E-state index contributed by atoms with van der Waals surface area (Å²) < 4.78 is 66.5. The molecule has 58 valence electrons. The van der Waals surface area contributed by atoms with E-state index in [9.17, 15) is 4.79 Å². The molecule has 2 heteroatoms. The number of carbonyl (C=O) groups excluding carboxylic acids is 1. The van der Waals surface area contributed by atoms with E-state index in [4.69, 9.17) is 23.9 Å². The van der Waals surface area contributed by atoms with Crippen LogP contribution in [0.2, 0.25) is 0 Å². The summed E-state index contributed by atoms with van der Waals surface area (Å²) in [7, 11) is 0. The van der Waals surface area contributed by atoms with Gasteiger partial charge in [-0.15, -0.1) is 0 Å². The van der Waals surface area contributed by atoms with E-state index in [0.29, 0.717) is 0 Å². The minimum atomic E-state index is -2.97. The van der Waals surface area contributed by atoms with E-state index in [0.717, 1.165) is 0 Å². The zero-order valence-electron chi connectivity index (χ0n) is 14.3. The molecular formula is C9H9ClO. The van der Waals surface area contributed by atoms with Gasteiger partial charge in [-0.25, -0.2) is 0 Å². The van der Waals surface area contributed by atoms with Crippen molar-refractivity contribution in [2.24, 2.45) is 0 Å². The molecule has 0 radical (unpaired) electrons. The van der Waals surface area contributed by atoms with Gasteiger partial charge in [0.1, 0.15) is 0 Å². The predicted octanol–water partition coefficient (Wildman–Crippen LogP) is 2.68. The quantitative estimate of drug-likeness (QED) is 0.603. The van der Waals surface area contributed by atoms with Gasteiger partial charge in [-0.05, 0) is 37.4 Å². The monoisotopic (exact) mass is 177 g/mol. The fourth-order valence-corrected chi connectivity index (χ4v) is 0.662. The number of rotatable bonds is 1. The number of carbonyl (C=O) groups is 1. The van der Waals surface area contributed by atoms with E-state index >= 15 is 0 Å². The fraction of sp³-hybridized carbons (Fsp3) is 0.222. The van der Waals surface area contributed by atoms with Crippen molar-refractivity contribution in [3.8, 4) is 0 Å². The highest BCUT2D eigenvalue weighted by Crippen LogP contribution is 2.10. The molecular weight excluding hydrogens is 160 g/mol. The Hall–Kier alpha value is -0.820. The number of halogens is 1. The topological polar surface area (TPSA) is 17.1 Å². The number of hydrogen-bond acceptors (Lipinski definition) is 1. The van der Waals surface area contributed by atoms with Crippen LogP contribution in [0.25, 0.3) is 0 Å². The number of hydrogen-bond donors (Lipinski definition) is 0. The zero-order chi connectivity index (χ0) is 16.0. The second-order valence-corrected chi connectivity index (χ2v) is 2.12. The summed E-state index contributed by atoms with van der Waals surface area (Å²) in [6, 6.07) is -2.78. The van der Waals surface area contributed by atoms with Crippen LogP contribution in [0.15, 0.2) is 18.1 Å². The van der Waals surface area contributed by atoms with Gasteiger partial charge in [0.05, 0.1) is 4.11 Å². The normalized spacial score (nSPS) is 23.9. The van der Waals surface area contributed by atoms with Crippen LogP contribution in [0.4, 0.5) is 0 Å². The maximum absolute atomic E-state index is 11.3. The van der Waals surface area contributed by atoms with E-state index in [1.54, 1.807) is 0 Å². The Morgan fingerprint density at radius 3 is 2.36 bits per heavy atom. The highest BCUT2D eigenvalue weighted by atomic mass is 35.5.